The van der Waals surface area contributed by atoms with E-state index in [0.717, 1.165) is 31.7 Å². The number of rotatable bonds is 2. The molecule has 1 unspecified atom stereocenters. The van der Waals surface area contributed by atoms with E-state index in [1.54, 1.807) is 0 Å². The van der Waals surface area contributed by atoms with Crippen LogP contribution in [0.25, 0.3) is 10.2 Å². The van der Waals surface area contributed by atoms with E-state index in [2.05, 4.69) is 42.3 Å². The van der Waals surface area contributed by atoms with E-state index in [-0.39, 0.29) is 0 Å². The minimum absolute atomic E-state index is 0.435. The van der Waals surface area contributed by atoms with Crippen molar-refractivity contribution in [2.75, 3.05) is 26.2 Å². The third-order valence-electron chi connectivity index (χ3n) is 3.62. The molecule has 1 atom stereocenters. The molecule has 3 nitrogen and oxygen atoms in total. The van der Waals surface area contributed by atoms with Crippen molar-refractivity contribution in [1.82, 2.24) is 15.2 Å². The van der Waals surface area contributed by atoms with E-state index < -0.39 is 0 Å². The van der Waals surface area contributed by atoms with Crippen molar-refractivity contribution in [3.8, 4) is 0 Å². The van der Waals surface area contributed by atoms with Crippen molar-refractivity contribution < 1.29 is 0 Å². The molecule has 1 aromatic heterocycles. The van der Waals surface area contributed by atoms with Gasteiger partial charge in [-0.3, -0.25) is 4.90 Å². The predicted molar refractivity (Wildman–Crippen MR) is 77.2 cm³/mol. The van der Waals surface area contributed by atoms with Gasteiger partial charge in [0.25, 0.3) is 0 Å². The van der Waals surface area contributed by atoms with E-state index in [1.165, 1.54) is 15.3 Å². The van der Waals surface area contributed by atoms with Crippen molar-refractivity contribution in [3.05, 3.63) is 28.8 Å². The van der Waals surface area contributed by atoms with Crippen LogP contribution in [0.3, 0.4) is 0 Å². The van der Waals surface area contributed by atoms with E-state index in [0.29, 0.717) is 6.04 Å². The van der Waals surface area contributed by atoms with Gasteiger partial charge in [-0.1, -0.05) is 6.07 Å². The molecule has 3 rings (SSSR count). The normalized spacial score (nSPS) is 19.2. The maximum absolute atomic E-state index is 4.79. The summed E-state index contributed by atoms with van der Waals surface area (Å²) in [5.41, 5.74) is 2.45. The van der Waals surface area contributed by atoms with E-state index >= 15 is 0 Å². The van der Waals surface area contributed by atoms with Crippen LogP contribution >= 0.6 is 11.3 Å². The zero-order valence-corrected chi connectivity index (χ0v) is 11.8. The van der Waals surface area contributed by atoms with Gasteiger partial charge in [-0.05, 0) is 31.5 Å². The maximum Gasteiger partial charge on any atom is 0.111 e. The van der Waals surface area contributed by atoms with Gasteiger partial charge in [0.1, 0.15) is 5.01 Å². The summed E-state index contributed by atoms with van der Waals surface area (Å²) in [6.45, 7) is 8.84. The molecule has 0 amide bonds. The zero-order chi connectivity index (χ0) is 12.5. The number of piperazine rings is 1. The first-order chi connectivity index (χ1) is 8.74. The molecule has 1 aromatic carbocycles. The fourth-order valence-electron chi connectivity index (χ4n) is 2.45. The molecule has 1 aliphatic rings. The summed E-state index contributed by atoms with van der Waals surface area (Å²) in [6.07, 6.45) is 0. The number of benzene rings is 1. The fourth-order valence-corrected chi connectivity index (χ4v) is 3.61. The van der Waals surface area contributed by atoms with Crippen molar-refractivity contribution in [2.24, 2.45) is 0 Å². The molecule has 0 saturated carbocycles. The molecule has 1 saturated heterocycles. The quantitative estimate of drug-likeness (QED) is 0.900. The Morgan fingerprint density at radius 3 is 2.89 bits per heavy atom. The first-order valence-corrected chi connectivity index (χ1v) is 7.37. The largest absolute Gasteiger partial charge is 0.314 e. The van der Waals surface area contributed by atoms with Crippen LogP contribution in [0.1, 0.15) is 23.5 Å². The first kappa shape index (κ1) is 12.1. The third-order valence-corrected chi connectivity index (χ3v) is 4.81. The summed E-state index contributed by atoms with van der Waals surface area (Å²) in [5.74, 6) is 0. The van der Waals surface area contributed by atoms with E-state index in [1.807, 2.05) is 11.3 Å². The lowest BCUT2D eigenvalue weighted by Crippen LogP contribution is -2.44. The Bertz CT molecular complexity index is 543. The fraction of sp³-hybridized carbons (Fsp3) is 0.500. The van der Waals surface area contributed by atoms with Gasteiger partial charge < -0.3 is 5.32 Å². The summed E-state index contributed by atoms with van der Waals surface area (Å²) in [4.78, 5) is 7.30. The van der Waals surface area contributed by atoms with Gasteiger partial charge in [0.15, 0.2) is 0 Å². The number of fused-ring (bicyclic) bond motifs is 1. The highest BCUT2D eigenvalue weighted by Crippen LogP contribution is 2.30. The maximum atomic E-state index is 4.79. The minimum Gasteiger partial charge on any atom is -0.314 e. The summed E-state index contributed by atoms with van der Waals surface area (Å²) < 4.78 is 1.31. The molecule has 1 N–H and O–H groups in total. The van der Waals surface area contributed by atoms with Crippen LogP contribution in [0.4, 0.5) is 0 Å². The van der Waals surface area contributed by atoms with Gasteiger partial charge in [0.05, 0.1) is 16.3 Å². The predicted octanol–water partition coefficient (Wildman–Crippen LogP) is 2.57. The number of nitrogens with one attached hydrogen (secondary N) is 1. The molecule has 0 bridgehead atoms. The Kier molecular flexibility index (Phi) is 3.33. The third kappa shape index (κ3) is 2.28. The number of thiazole rings is 1. The highest BCUT2D eigenvalue weighted by Gasteiger charge is 2.20. The summed E-state index contributed by atoms with van der Waals surface area (Å²) in [5, 5.41) is 4.64. The summed E-state index contributed by atoms with van der Waals surface area (Å²) >= 11 is 1.84. The Morgan fingerprint density at radius 1 is 1.33 bits per heavy atom. The standard InChI is InChI=1S/C14H19N3S/c1-10-3-4-12-13(9-10)18-14(16-12)11(2)17-7-5-15-6-8-17/h3-4,9,11,15H,5-8H2,1-2H3. The van der Waals surface area contributed by atoms with Crippen molar-refractivity contribution >= 4 is 21.6 Å². The number of aryl methyl sites for hydroxylation is 1. The van der Waals surface area contributed by atoms with Gasteiger partial charge in [-0.2, -0.15) is 0 Å². The Morgan fingerprint density at radius 2 is 2.11 bits per heavy atom. The van der Waals surface area contributed by atoms with Crippen molar-refractivity contribution in [1.29, 1.82) is 0 Å². The van der Waals surface area contributed by atoms with Gasteiger partial charge in [0.2, 0.25) is 0 Å². The van der Waals surface area contributed by atoms with Crippen LogP contribution < -0.4 is 5.32 Å². The second-order valence-corrected chi connectivity index (χ2v) is 6.05. The lowest BCUT2D eigenvalue weighted by molar-refractivity contribution is 0.185. The molecule has 4 heteroatoms. The van der Waals surface area contributed by atoms with Gasteiger partial charge in [-0.15, -0.1) is 11.3 Å². The van der Waals surface area contributed by atoms with Crippen LogP contribution in [0, 0.1) is 6.92 Å². The minimum atomic E-state index is 0.435. The molecule has 2 aromatic rings. The number of hydrogen-bond donors (Lipinski definition) is 1. The van der Waals surface area contributed by atoms with Gasteiger partial charge in [-0.25, -0.2) is 4.98 Å². The smallest absolute Gasteiger partial charge is 0.111 e. The van der Waals surface area contributed by atoms with Crippen molar-refractivity contribution in [2.45, 2.75) is 19.9 Å². The Hall–Kier alpha value is -0.970. The van der Waals surface area contributed by atoms with Crippen LogP contribution in [0.2, 0.25) is 0 Å². The Balaban J connectivity index is 1.88. The highest BCUT2D eigenvalue weighted by atomic mass is 32.1. The Labute approximate surface area is 112 Å². The van der Waals surface area contributed by atoms with Crippen LogP contribution in [0.5, 0.6) is 0 Å². The molecule has 1 aliphatic heterocycles. The SMILES string of the molecule is Cc1ccc2nc(C(C)N3CCNCC3)sc2c1. The topological polar surface area (TPSA) is 28.2 Å². The molecule has 96 valence electrons. The molecule has 0 spiro atoms. The molecule has 18 heavy (non-hydrogen) atoms. The second kappa shape index (κ2) is 4.96. The average Bonchev–Trinajstić information content (AvgIpc) is 2.81. The van der Waals surface area contributed by atoms with Crippen LogP contribution in [-0.2, 0) is 0 Å². The average molecular weight is 261 g/mol. The molecular formula is C14H19N3S. The van der Waals surface area contributed by atoms with Gasteiger partial charge in [0, 0.05) is 26.2 Å². The first-order valence-electron chi connectivity index (χ1n) is 6.56. The molecule has 0 aliphatic carbocycles. The zero-order valence-electron chi connectivity index (χ0n) is 10.9. The molecular weight excluding hydrogens is 242 g/mol. The van der Waals surface area contributed by atoms with E-state index in [4.69, 9.17) is 4.98 Å². The van der Waals surface area contributed by atoms with Crippen LogP contribution in [-0.4, -0.2) is 36.1 Å². The molecule has 1 fully saturated rings. The number of nitrogens with zero attached hydrogens (tertiary/aromatic N) is 2. The molecule has 0 radical (unpaired) electrons. The van der Waals surface area contributed by atoms with Gasteiger partial charge >= 0.3 is 0 Å². The number of hydrogen-bond acceptors (Lipinski definition) is 4. The summed E-state index contributed by atoms with van der Waals surface area (Å²) in [7, 11) is 0. The summed E-state index contributed by atoms with van der Waals surface area (Å²) in [6, 6.07) is 6.95. The second-order valence-electron chi connectivity index (χ2n) is 4.99. The van der Waals surface area contributed by atoms with E-state index in [9.17, 15) is 0 Å². The van der Waals surface area contributed by atoms with Crippen molar-refractivity contribution in [3.63, 3.8) is 0 Å². The monoisotopic (exact) mass is 261 g/mol. The highest BCUT2D eigenvalue weighted by molar-refractivity contribution is 7.18. The number of aromatic nitrogens is 1. The lowest BCUT2D eigenvalue weighted by atomic mass is 10.2. The van der Waals surface area contributed by atoms with Crippen LogP contribution in [0.15, 0.2) is 18.2 Å². The lowest BCUT2D eigenvalue weighted by Gasteiger charge is -2.31. The molecule has 2 heterocycles.